The fourth-order valence-electron chi connectivity index (χ4n) is 2.66. The second-order valence-electron chi connectivity index (χ2n) is 6.56. The molecule has 0 saturated carbocycles. The second kappa shape index (κ2) is 9.82. The molecular weight excluding hydrogens is 395 g/mol. The smallest absolute Gasteiger partial charge is 0.343 e. The molecule has 30 heavy (non-hydrogen) atoms. The number of halogens is 3. The molecule has 0 spiro atoms. The van der Waals surface area contributed by atoms with E-state index in [0.717, 1.165) is 0 Å². The van der Waals surface area contributed by atoms with E-state index >= 15 is 0 Å². The number of carbonyl (C=O) groups excluding carboxylic acids is 1. The highest BCUT2D eigenvalue weighted by molar-refractivity contribution is 5.86. The van der Waals surface area contributed by atoms with Crippen LogP contribution in [0.25, 0.3) is 17.3 Å². The Morgan fingerprint density at radius 1 is 1.17 bits per heavy atom. The predicted octanol–water partition coefficient (Wildman–Crippen LogP) is 3.72. The van der Waals surface area contributed by atoms with Crippen molar-refractivity contribution in [3.8, 4) is 11.3 Å². The quantitative estimate of drug-likeness (QED) is 0.427. The average molecular weight is 415 g/mol. The molecule has 0 saturated heterocycles. The Bertz CT molecular complexity index is 1000. The van der Waals surface area contributed by atoms with Gasteiger partial charge in [0.05, 0.1) is 6.20 Å². The maximum absolute atomic E-state index is 13.9. The zero-order chi connectivity index (χ0) is 21.4. The summed E-state index contributed by atoms with van der Waals surface area (Å²) in [5.41, 5.74) is 1.66. The minimum atomic E-state index is -3.59. The molecule has 0 unspecified atom stereocenters. The molecule has 156 valence electrons. The highest BCUT2D eigenvalue weighted by atomic mass is 19.3. The first-order valence-electron chi connectivity index (χ1n) is 9.36. The number of unbranched alkanes of at least 4 members (excludes halogenated alkanes) is 1. The van der Waals surface area contributed by atoms with Gasteiger partial charge in [-0.05, 0) is 30.5 Å². The van der Waals surface area contributed by atoms with Crippen molar-refractivity contribution in [3.05, 3.63) is 72.4 Å². The fourth-order valence-corrected chi connectivity index (χ4v) is 2.66. The van der Waals surface area contributed by atoms with E-state index in [1.165, 1.54) is 18.3 Å². The van der Waals surface area contributed by atoms with Crippen LogP contribution in [0.4, 0.5) is 13.2 Å². The lowest BCUT2D eigenvalue weighted by atomic mass is 10.2. The van der Waals surface area contributed by atoms with Crippen molar-refractivity contribution >= 4 is 12.0 Å². The van der Waals surface area contributed by atoms with Crippen LogP contribution in [0.5, 0.6) is 0 Å². The normalized spacial score (nSPS) is 11.7. The molecule has 0 aliphatic carbocycles. The van der Waals surface area contributed by atoms with Gasteiger partial charge in [0.15, 0.2) is 0 Å². The summed E-state index contributed by atoms with van der Waals surface area (Å²) in [6, 6.07) is 11.5. The maximum Gasteiger partial charge on any atom is 0.343 e. The van der Waals surface area contributed by atoms with Crippen LogP contribution in [0.15, 0.2) is 60.9 Å². The number of carbonyl (C=O) groups is 1. The molecule has 0 fully saturated rings. The van der Waals surface area contributed by atoms with Crippen LogP contribution in [0, 0.1) is 5.95 Å². The summed E-state index contributed by atoms with van der Waals surface area (Å²) < 4.78 is 42.6. The Morgan fingerprint density at radius 2 is 1.97 bits per heavy atom. The minimum Gasteiger partial charge on any atom is -0.351 e. The molecule has 3 rings (SSSR count). The number of alkyl halides is 2. The largest absolute Gasteiger partial charge is 0.351 e. The Kier molecular flexibility index (Phi) is 6.95. The van der Waals surface area contributed by atoms with E-state index in [1.807, 2.05) is 0 Å². The standard InChI is InChI=1S/C21H20F3N5O/c22-19-14-17(9-12-25-19)18-15-29(28-27-18)13-5-4-11-26-20(30)21(23,24)10-8-16-6-2-1-3-7-16/h1-3,6-10,12,14-15H,4-5,11,13H2,(H,26,30)/b10-8+. The molecule has 9 heteroatoms. The summed E-state index contributed by atoms with van der Waals surface area (Å²) in [7, 11) is 0. The Balaban J connectivity index is 1.40. The minimum absolute atomic E-state index is 0.116. The number of amides is 1. The Hall–Kier alpha value is -3.49. The number of benzene rings is 1. The third-order valence-electron chi connectivity index (χ3n) is 4.25. The van der Waals surface area contributed by atoms with Gasteiger partial charge in [0.2, 0.25) is 5.95 Å². The lowest BCUT2D eigenvalue weighted by Crippen LogP contribution is -2.39. The van der Waals surface area contributed by atoms with Crippen LogP contribution < -0.4 is 5.32 Å². The van der Waals surface area contributed by atoms with Crippen molar-refractivity contribution in [2.24, 2.45) is 0 Å². The predicted molar refractivity (Wildman–Crippen MR) is 106 cm³/mol. The number of nitrogens with zero attached hydrogens (tertiary/aromatic N) is 4. The van der Waals surface area contributed by atoms with Crippen LogP contribution in [-0.2, 0) is 11.3 Å². The summed E-state index contributed by atoms with van der Waals surface area (Å²) in [5, 5.41) is 10.2. The zero-order valence-electron chi connectivity index (χ0n) is 16.0. The van der Waals surface area contributed by atoms with Crippen LogP contribution in [0.1, 0.15) is 18.4 Å². The lowest BCUT2D eigenvalue weighted by Gasteiger charge is -2.12. The van der Waals surface area contributed by atoms with E-state index in [0.29, 0.717) is 42.3 Å². The topological polar surface area (TPSA) is 72.7 Å². The summed E-state index contributed by atoms with van der Waals surface area (Å²) in [6.45, 7) is 0.603. The maximum atomic E-state index is 13.9. The van der Waals surface area contributed by atoms with Crippen molar-refractivity contribution in [3.63, 3.8) is 0 Å². The second-order valence-corrected chi connectivity index (χ2v) is 6.56. The number of hydrogen-bond donors (Lipinski definition) is 1. The van der Waals surface area contributed by atoms with Gasteiger partial charge in [0.25, 0.3) is 5.91 Å². The molecule has 2 heterocycles. The van der Waals surface area contributed by atoms with Crippen LogP contribution in [-0.4, -0.2) is 38.4 Å². The van der Waals surface area contributed by atoms with Crippen LogP contribution in [0.2, 0.25) is 0 Å². The summed E-state index contributed by atoms with van der Waals surface area (Å²) in [4.78, 5) is 15.2. The third-order valence-corrected chi connectivity index (χ3v) is 4.25. The van der Waals surface area contributed by atoms with E-state index in [4.69, 9.17) is 0 Å². The van der Waals surface area contributed by atoms with E-state index < -0.39 is 17.8 Å². The van der Waals surface area contributed by atoms with Crippen molar-refractivity contribution in [2.45, 2.75) is 25.3 Å². The first-order valence-corrected chi connectivity index (χ1v) is 9.36. The zero-order valence-corrected chi connectivity index (χ0v) is 16.0. The lowest BCUT2D eigenvalue weighted by molar-refractivity contribution is -0.139. The van der Waals surface area contributed by atoms with Gasteiger partial charge in [-0.2, -0.15) is 13.2 Å². The Morgan fingerprint density at radius 3 is 2.73 bits per heavy atom. The third kappa shape index (κ3) is 6.00. The number of nitrogens with one attached hydrogen (secondary N) is 1. The number of aromatic nitrogens is 4. The van der Waals surface area contributed by atoms with Gasteiger partial charge in [-0.3, -0.25) is 9.48 Å². The van der Waals surface area contributed by atoms with E-state index in [1.54, 1.807) is 47.3 Å². The monoisotopic (exact) mass is 415 g/mol. The van der Waals surface area contributed by atoms with Gasteiger partial charge in [0.1, 0.15) is 5.69 Å². The first-order chi connectivity index (χ1) is 14.4. The molecule has 3 aromatic rings. The molecule has 1 amide bonds. The van der Waals surface area contributed by atoms with Crippen molar-refractivity contribution in [1.29, 1.82) is 0 Å². The van der Waals surface area contributed by atoms with Gasteiger partial charge in [-0.15, -0.1) is 5.10 Å². The summed E-state index contributed by atoms with van der Waals surface area (Å²) in [5.74, 6) is -5.53. The summed E-state index contributed by atoms with van der Waals surface area (Å²) in [6.07, 6.45) is 5.91. The fraction of sp³-hybridized carbons (Fsp3) is 0.238. The highest BCUT2D eigenvalue weighted by Gasteiger charge is 2.35. The molecule has 1 aromatic carbocycles. The van der Waals surface area contributed by atoms with Crippen molar-refractivity contribution in [1.82, 2.24) is 25.3 Å². The van der Waals surface area contributed by atoms with E-state index in [9.17, 15) is 18.0 Å². The molecule has 0 bridgehead atoms. The van der Waals surface area contributed by atoms with Crippen LogP contribution in [0.3, 0.4) is 0 Å². The summed E-state index contributed by atoms with van der Waals surface area (Å²) >= 11 is 0. The first kappa shape index (κ1) is 21.2. The van der Waals surface area contributed by atoms with E-state index in [-0.39, 0.29) is 6.54 Å². The molecule has 1 N–H and O–H groups in total. The SMILES string of the molecule is O=C(NCCCCn1cc(-c2ccnc(F)c2)nn1)C(F)(F)/C=C/c1ccccc1. The molecule has 0 radical (unpaired) electrons. The Labute approximate surface area is 171 Å². The van der Waals surface area contributed by atoms with Gasteiger partial charge in [0, 0.05) is 30.9 Å². The number of hydrogen-bond acceptors (Lipinski definition) is 4. The molecule has 0 aliphatic rings. The van der Waals surface area contributed by atoms with Gasteiger partial charge >= 0.3 is 5.92 Å². The number of pyridine rings is 1. The van der Waals surface area contributed by atoms with Crippen molar-refractivity contribution < 1.29 is 18.0 Å². The van der Waals surface area contributed by atoms with Gasteiger partial charge in [-0.1, -0.05) is 41.6 Å². The average Bonchev–Trinajstić information content (AvgIpc) is 3.22. The van der Waals surface area contributed by atoms with Gasteiger partial charge in [-0.25, -0.2) is 4.98 Å². The van der Waals surface area contributed by atoms with E-state index in [2.05, 4.69) is 20.6 Å². The van der Waals surface area contributed by atoms with Crippen molar-refractivity contribution in [2.75, 3.05) is 6.54 Å². The molecule has 0 aliphatic heterocycles. The number of aryl methyl sites for hydroxylation is 1. The number of rotatable bonds is 9. The highest BCUT2D eigenvalue weighted by Crippen LogP contribution is 2.18. The van der Waals surface area contributed by atoms with Gasteiger partial charge < -0.3 is 5.32 Å². The van der Waals surface area contributed by atoms with Crippen LogP contribution >= 0.6 is 0 Å². The molecule has 6 nitrogen and oxygen atoms in total. The molecule has 0 atom stereocenters. The molecular formula is C21H20F3N5O. The molecule has 2 aromatic heterocycles.